The first kappa shape index (κ1) is 14.2. The summed E-state index contributed by atoms with van der Waals surface area (Å²) < 4.78 is 0. The van der Waals surface area contributed by atoms with Crippen molar-refractivity contribution in [1.82, 2.24) is 4.90 Å². The van der Waals surface area contributed by atoms with Crippen molar-refractivity contribution in [2.45, 2.75) is 25.5 Å². The number of likely N-dealkylation sites (tertiary alicyclic amines) is 1. The van der Waals surface area contributed by atoms with Gasteiger partial charge in [-0.05, 0) is 50.7 Å². The number of nitrogens with zero attached hydrogens (tertiary/aromatic N) is 1. The number of rotatable bonds is 2. The zero-order valence-corrected chi connectivity index (χ0v) is 13.7. The SMILES string of the molecule is OC1CCN(Cc2ccc3ccc4cccc5ccc2c3c45)CC1. The van der Waals surface area contributed by atoms with E-state index in [1.54, 1.807) is 0 Å². The van der Waals surface area contributed by atoms with Crippen molar-refractivity contribution < 1.29 is 5.11 Å². The van der Waals surface area contributed by atoms with Crippen LogP contribution in [0.2, 0.25) is 0 Å². The van der Waals surface area contributed by atoms with Gasteiger partial charge in [0.1, 0.15) is 0 Å². The Kier molecular flexibility index (Phi) is 3.22. The summed E-state index contributed by atoms with van der Waals surface area (Å²) in [4.78, 5) is 2.47. The molecule has 120 valence electrons. The molecule has 5 rings (SSSR count). The fraction of sp³-hybridized carbons (Fsp3) is 0.273. The molecular formula is C22H21NO. The van der Waals surface area contributed by atoms with Gasteiger partial charge < -0.3 is 5.11 Å². The van der Waals surface area contributed by atoms with E-state index >= 15 is 0 Å². The minimum absolute atomic E-state index is 0.109. The van der Waals surface area contributed by atoms with Crippen LogP contribution in [-0.4, -0.2) is 29.2 Å². The summed E-state index contributed by atoms with van der Waals surface area (Å²) in [5.74, 6) is 0. The largest absolute Gasteiger partial charge is 0.393 e. The molecule has 0 atom stereocenters. The van der Waals surface area contributed by atoms with Crippen LogP contribution in [0.15, 0.2) is 54.6 Å². The van der Waals surface area contributed by atoms with Crippen LogP contribution in [0.25, 0.3) is 32.3 Å². The van der Waals surface area contributed by atoms with E-state index in [2.05, 4.69) is 59.5 Å². The first-order valence-electron chi connectivity index (χ1n) is 8.85. The van der Waals surface area contributed by atoms with Crippen LogP contribution in [0.1, 0.15) is 18.4 Å². The van der Waals surface area contributed by atoms with E-state index in [4.69, 9.17) is 0 Å². The van der Waals surface area contributed by atoms with Gasteiger partial charge in [0, 0.05) is 19.6 Å². The Bertz CT molecular complexity index is 999. The van der Waals surface area contributed by atoms with Crippen molar-refractivity contribution in [1.29, 1.82) is 0 Å². The summed E-state index contributed by atoms with van der Waals surface area (Å²) in [6.45, 7) is 2.95. The molecule has 4 aromatic rings. The normalized spacial score (nSPS) is 17.4. The number of aliphatic hydroxyl groups excluding tert-OH is 1. The maximum atomic E-state index is 9.72. The van der Waals surface area contributed by atoms with Gasteiger partial charge in [0.15, 0.2) is 0 Å². The predicted molar refractivity (Wildman–Crippen MR) is 101 cm³/mol. The van der Waals surface area contributed by atoms with Gasteiger partial charge >= 0.3 is 0 Å². The molecule has 1 heterocycles. The Balaban J connectivity index is 1.67. The second-order valence-electron chi connectivity index (χ2n) is 7.09. The lowest BCUT2D eigenvalue weighted by Gasteiger charge is -2.30. The van der Waals surface area contributed by atoms with Crippen LogP contribution >= 0.6 is 0 Å². The van der Waals surface area contributed by atoms with Crippen LogP contribution in [0, 0.1) is 0 Å². The molecule has 1 N–H and O–H groups in total. The molecule has 4 aromatic carbocycles. The minimum atomic E-state index is -0.109. The number of hydrogen-bond donors (Lipinski definition) is 1. The summed E-state index contributed by atoms with van der Waals surface area (Å²) in [7, 11) is 0. The molecule has 0 spiro atoms. The molecule has 2 nitrogen and oxygen atoms in total. The van der Waals surface area contributed by atoms with Gasteiger partial charge in [-0.1, -0.05) is 54.6 Å². The van der Waals surface area contributed by atoms with Gasteiger partial charge in [0.2, 0.25) is 0 Å². The molecule has 0 saturated carbocycles. The molecule has 1 aliphatic heterocycles. The smallest absolute Gasteiger partial charge is 0.0564 e. The average molecular weight is 315 g/mol. The van der Waals surface area contributed by atoms with Gasteiger partial charge in [0.25, 0.3) is 0 Å². The van der Waals surface area contributed by atoms with E-state index < -0.39 is 0 Å². The average Bonchev–Trinajstić information content (AvgIpc) is 2.63. The third-order valence-corrected chi connectivity index (χ3v) is 5.57. The molecule has 0 amide bonds. The fourth-order valence-corrected chi connectivity index (χ4v) is 4.25. The second kappa shape index (κ2) is 5.44. The van der Waals surface area contributed by atoms with Gasteiger partial charge in [-0.25, -0.2) is 0 Å². The maximum Gasteiger partial charge on any atom is 0.0564 e. The van der Waals surface area contributed by atoms with Crippen molar-refractivity contribution in [3.63, 3.8) is 0 Å². The Hall–Kier alpha value is -2.16. The third kappa shape index (κ3) is 2.18. The number of hydrogen-bond acceptors (Lipinski definition) is 2. The maximum absolute atomic E-state index is 9.72. The molecule has 0 unspecified atom stereocenters. The lowest BCUT2D eigenvalue weighted by molar-refractivity contribution is 0.0794. The second-order valence-corrected chi connectivity index (χ2v) is 7.09. The number of aliphatic hydroxyl groups is 1. The molecule has 2 heteroatoms. The van der Waals surface area contributed by atoms with Gasteiger partial charge in [0.05, 0.1) is 6.10 Å². The lowest BCUT2D eigenvalue weighted by Crippen LogP contribution is -2.35. The Morgan fingerprint density at radius 2 is 1.42 bits per heavy atom. The zero-order chi connectivity index (χ0) is 16.1. The van der Waals surface area contributed by atoms with Crippen LogP contribution in [0.4, 0.5) is 0 Å². The summed E-state index contributed by atoms with van der Waals surface area (Å²) in [6.07, 6.45) is 1.68. The summed E-state index contributed by atoms with van der Waals surface area (Å²) >= 11 is 0. The molecule has 0 aromatic heterocycles. The molecule has 0 aliphatic carbocycles. The fourth-order valence-electron chi connectivity index (χ4n) is 4.25. The molecule has 1 aliphatic rings. The van der Waals surface area contributed by atoms with Gasteiger partial charge in [-0.2, -0.15) is 0 Å². The molecular weight excluding hydrogens is 294 g/mol. The van der Waals surface area contributed by atoms with Crippen molar-refractivity contribution in [3.8, 4) is 0 Å². The summed E-state index contributed by atoms with van der Waals surface area (Å²) in [6, 6.07) is 20.1. The minimum Gasteiger partial charge on any atom is -0.393 e. The highest BCUT2D eigenvalue weighted by atomic mass is 16.3. The Morgan fingerprint density at radius 1 is 0.792 bits per heavy atom. The van der Waals surface area contributed by atoms with E-state index in [0.29, 0.717) is 0 Å². The van der Waals surface area contributed by atoms with Crippen LogP contribution < -0.4 is 0 Å². The highest BCUT2D eigenvalue weighted by Crippen LogP contribution is 2.36. The van der Waals surface area contributed by atoms with Crippen molar-refractivity contribution in [3.05, 3.63) is 60.2 Å². The molecule has 0 bridgehead atoms. The molecule has 24 heavy (non-hydrogen) atoms. The first-order valence-corrected chi connectivity index (χ1v) is 8.85. The first-order chi connectivity index (χ1) is 11.8. The third-order valence-electron chi connectivity index (χ3n) is 5.57. The standard InChI is InChI=1S/C22H21NO/c24-19-10-12-23(13-11-19)14-18-7-6-17-5-4-15-2-1-3-16-8-9-20(18)22(17)21(15)16/h1-9,19,24H,10-14H2. The van der Waals surface area contributed by atoms with Crippen molar-refractivity contribution in [2.24, 2.45) is 0 Å². The highest BCUT2D eigenvalue weighted by Gasteiger charge is 2.18. The Morgan fingerprint density at radius 3 is 2.17 bits per heavy atom. The monoisotopic (exact) mass is 315 g/mol. The lowest BCUT2D eigenvalue weighted by atomic mass is 9.91. The van der Waals surface area contributed by atoms with Gasteiger partial charge in [-0.15, -0.1) is 0 Å². The summed E-state index contributed by atoms with van der Waals surface area (Å²) in [5.41, 5.74) is 1.40. The summed E-state index contributed by atoms with van der Waals surface area (Å²) in [5, 5.41) is 17.9. The van der Waals surface area contributed by atoms with E-state index in [-0.39, 0.29) is 6.10 Å². The number of benzene rings is 4. The van der Waals surface area contributed by atoms with Crippen LogP contribution in [0.5, 0.6) is 0 Å². The van der Waals surface area contributed by atoms with Gasteiger partial charge in [-0.3, -0.25) is 4.90 Å². The van der Waals surface area contributed by atoms with Crippen molar-refractivity contribution in [2.75, 3.05) is 13.1 Å². The van der Waals surface area contributed by atoms with E-state index in [9.17, 15) is 5.11 Å². The molecule has 0 radical (unpaired) electrons. The van der Waals surface area contributed by atoms with Crippen molar-refractivity contribution >= 4 is 32.3 Å². The Labute approximate surface area is 141 Å². The van der Waals surface area contributed by atoms with Crippen LogP contribution in [-0.2, 0) is 6.54 Å². The zero-order valence-electron chi connectivity index (χ0n) is 13.7. The highest BCUT2D eigenvalue weighted by molar-refractivity contribution is 6.23. The topological polar surface area (TPSA) is 23.5 Å². The number of piperidine rings is 1. The molecule has 1 saturated heterocycles. The predicted octanol–water partition coefficient (Wildman–Crippen LogP) is 4.54. The molecule has 1 fully saturated rings. The quantitative estimate of drug-likeness (QED) is 0.549. The van der Waals surface area contributed by atoms with E-state index in [1.165, 1.54) is 37.9 Å². The van der Waals surface area contributed by atoms with E-state index in [1.807, 2.05) is 0 Å². The van der Waals surface area contributed by atoms with E-state index in [0.717, 1.165) is 32.5 Å². The van der Waals surface area contributed by atoms with Crippen LogP contribution in [0.3, 0.4) is 0 Å².